The molecule has 1 amide bonds. The summed E-state index contributed by atoms with van der Waals surface area (Å²) >= 11 is 0. The summed E-state index contributed by atoms with van der Waals surface area (Å²) in [4.78, 5) is 18.9. The molecule has 2 heterocycles. The van der Waals surface area contributed by atoms with E-state index < -0.39 is 0 Å². The maximum atomic E-state index is 11.9. The molecular weight excluding hydrogens is 410 g/mol. The summed E-state index contributed by atoms with van der Waals surface area (Å²) in [6, 6.07) is 9.61. The zero-order valence-electron chi connectivity index (χ0n) is 19.0. The number of benzene rings is 1. The van der Waals surface area contributed by atoms with E-state index in [0.29, 0.717) is 24.9 Å². The number of nitrogens with zero attached hydrogens (tertiary/aromatic N) is 2. The molecule has 1 aromatic carbocycles. The van der Waals surface area contributed by atoms with Crippen molar-refractivity contribution >= 4 is 11.9 Å². The molecule has 0 aliphatic carbocycles. The van der Waals surface area contributed by atoms with E-state index in [1.165, 1.54) is 6.26 Å². The number of rotatable bonds is 10. The smallest absolute Gasteiger partial charge is 0.287 e. The first-order valence-corrected chi connectivity index (χ1v) is 10.9. The highest BCUT2D eigenvalue weighted by Gasteiger charge is 2.23. The maximum absolute atomic E-state index is 11.9. The fraction of sp³-hybridized carbons (Fsp3) is 0.478. The molecule has 0 saturated carbocycles. The van der Waals surface area contributed by atoms with Crippen LogP contribution in [0.5, 0.6) is 11.5 Å². The highest BCUT2D eigenvalue weighted by molar-refractivity contribution is 5.91. The third-order valence-electron chi connectivity index (χ3n) is 5.19. The number of aliphatic imine (C=N–C) groups is 1. The van der Waals surface area contributed by atoms with Crippen LogP contribution < -0.4 is 25.4 Å². The van der Waals surface area contributed by atoms with E-state index in [1.807, 2.05) is 25.1 Å². The van der Waals surface area contributed by atoms with Crippen LogP contribution in [0.15, 0.2) is 46.0 Å². The van der Waals surface area contributed by atoms with Crippen molar-refractivity contribution in [3.8, 4) is 11.5 Å². The normalized spacial score (nSPS) is 16.6. The topological polar surface area (TPSA) is 100 Å². The molecule has 32 heavy (non-hydrogen) atoms. The van der Waals surface area contributed by atoms with Gasteiger partial charge >= 0.3 is 0 Å². The Hall–Kier alpha value is -3.20. The minimum atomic E-state index is -0.233. The second kappa shape index (κ2) is 12.0. The third kappa shape index (κ3) is 6.91. The predicted molar refractivity (Wildman–Crippen MR) is 123 cm³/mol. The SMILES string of the molecule is CCNC(=NCCNC(=O)c1ccco1)NC1CCN(Cc2cc(OC)cc(OC)c2)C1. The zero-order chi connectivity index (χ0) is 22.8. The monoisotopic (exact) mass is 443 g/mol. The molecule has 0 spiro atoms. The van der Waals surface area contributed by atoms with Crippen LogP contribution in [0.4, 0.5) is 0 Å². The lowest BCUT2D eigenvalue weighted by Gasteiger charge is -2.19. The van der Waals surface area contributed by atoms with E-state index in [2.05, 4.69) is 25.8 Å². The van der Waals surface area contributed by atoms with Gasteiger partial charge in [-0.25, -0.2) is 0 Å². The molecule has 1 saturated heterocycles. The van der Waals surface area contributed by atoms with Gasteiger partial charge in [0.15, 0.2) is 11.7 Å². The number of hydrogen-bond donors (Lipinski definition) is 3. The molecule has 1 fully saturated rings. The van der Waals surface area contributed by atoms with Crippen molar-refractivity contribution in [2.45, 2.75) is 25.9 Å². The first-order chi connectivity index (χ1) is 15.6. The van der Waals surface area contributed by atoms with Crippen molar-refractivity contribution in [1.29, 1.82) is 0 Å². The molecule has 3 rings (SSSR count). The lowest BCUT2D eigenvalue weighted by Crippen LogP contribution is -2.45. The van der Waals surface area contributed by atoms with Crippen molar-refractivity contribution in [3.05, 3.63) is 47.9 Å². The molecule has 174 valence electrons. The van der Waals surface area contributed by atoms with Gasteiger partial charge in [0.2, 0.25) is 0 Å². The second-order valence-electron chi connectivity index (χ2n) is 7.58. The summed E-state index contributed by atoms with van der Waals surface area (Å²) in [6.45, 7) is 6.46. The number of guanidine groups is 1. The van der Waals surface area contributed by atoms with Gasteiger partial charge in [0.1, 0.15) is 11.5 Å². The Balaban J connectivity index is 1.47. The Morgan fingerprint density at radius 3 is 2.66 bits per heavy atom. The van der Waals surface area contributed by atoms with Gasteiger partial charge in [0, 0.05) is 44.8 Å². The molecule has 1 aliphatic rings. The number of ether oxygens (including phenoxy) is 2. The average molecular weight is 444 g/mol. The molecule has 1 aliphatic heterocycles. The molecule has 0 radical (unpaired) electrons. The van der Waals surface area contributed by atoms with Crippen LogP contribution in [0, 0.1) is 0 Å². The molecular formula is C23H33N5O4. The first-order valence-electron chi connectivity index (χ1n) is 10.9. The minimum Gasteiger partial charge on any atom is -0.497 e. The van der Waals surface area contributed by atoms with Crippen molar-refractivity contribution < 1.29 is 18.7 Å². The molecule has 1 unspecified atom stereocenters. The second-order valence-corrected chi connectivity index (χ2v) is 7.58. The molecule has 1 aromatic heterocycles. The van der Waals surface area contributed by atoms with Gasteiger partial charge in [0.25, 0.3) is 5.91 Å². The Kier molecular flexibility index (Phi) is 8.79. The first kappa shape index (κ1) is 23.5. The number of carbonyl (C=O) groups is 1. The zero-order valence-corrected chi connectivity index (χ0v) is 19.0. The lowest BCUT2D eigenvalue weighted by molar-refractivity contribution is 0.0927. The van der Waals surface area contributed by atoms with Crippen LogP contribution in [-0.2, 0) is 6.54 Å². The molecule has 3 N–H and O–H groups in total. The van der Waals surface area contributed by atoms with Gasteiger partial charge in [-0.05, 0) is 43.2 Å². The number of furan rings is 1. The van der Waals surface area contributed by atoms with Crippen LogP contribution in [0.2, 0.25) is 0 Å². The number of nitrogens with one attached hydrogen (secondary N) is 3. The highest BCUT2D eigenvalue weighted by atomic mass is 16.5. The van der Waals surface area contributed by atoms with Gasteiger partial charge in [-0.1, -0.05) is 0 Å². The van der Waals surface area contributed by atoms with Crippen molar-refractivity contribution in [1.82, 2.24) is 20.9 Å². The molecule has 1 atom stereocenters. The Morgan fingerprint density at radius 1 is 1.22 bits per heavy atom. The molecule has 9 heteroatoms. The van der Waals surface area contributed by atoms with E-state index >= 15 is 0 Å². The van der Waals surface area contributed by atoms with Crippen LogP contribution in [0.25, 0.3) is 0 Å². The number of likely N-dealkylation sites (tertiary alicyclic amines) is 1. The maximum Gasteiger partial charge on any atom is 0.287 e. The molecule has 9 nitrogen and oxygen atoms in total. The van der Waals surface area contributed by atoms with Crippen molar-refractivity contribution in [2.75, 3.05) is 46.9 Å². The van der Waals surface area contributed by atoms with Gasteiger partial charge in [-0.2, -0.15) is 0 Å². The van der Waals surface area contributed by atoms with E-state index in [0.717, 1.165) is 55.6 Å². The van der Waals surface area contributed by atoms with E-state index in [1.54, 1.807) is 26.4 Å². The largest absolute Gasteiger partial charge is 0.497 e. The predicted octanol–water partition coefficient (Wildman–Crippen LogP) is 1.86. The molecule has 0 bridgehead atoms. The summed E-state index contributed by atoms with van der Waals surface area (Å²) in [5, 5.41) is 9.59. The Bertz CT molecular complexity index is 862. The quantitative estimate of drug-likeness (QED) is 0.293. The van der Waals surface area contributed by atoms with Crippen molar-refractivity contribution in [2.24, 2.45) is 4.99 Å². The standard InChI is InChI=1S/C23H33N5O4/c1-4-24-23(26-9-8-25-22(29)21-6-5-11-32-21)27-18-7-10-28(16-18)15-17-12-19(30-2)14-20(13-17)31-3/h5-6,11-14,18H,4,7-10,15-16H2,1-3H3,(H,25,29)(H2,24,26,27). The van der Waals surface area contributed by atoms with Crippen LogP contribution in [0.3, 0.4) is 0 Å². The van der Waals surface area contributed by atoms with Gasteiger partial charge in [-0.15, -0.1) is 0 Å². The van der Waals surface area contributed by atoms with E-state index in [-0.39, 0.29) is 5.91 Å². The Labute approximate surface area is 189 Å². The van der Waals surface area contributed by atoms with Crippen molar-refractivity contribution in [3.63, 3.8) is 0 Å². The van der Waals surface area contributed by atoms with Crippen LogP contribution in [-0.4, -0.2) is 69.8 Å². The summed E-state index contributed by atoms with van der Waals surface area (Å²) in [6.07, 6.45) is 2.51. The molecule has 2 aromatic rings. The highest BCUT2D eigenvalue weighted by Crippen LogP contribution is 2.24. The van der Waals surface area contributed by atoms with Crippen LogP contribution >= 0.6 is 0 Å². The summed E-state index contributed by atoms with van der Waals surface area (Å²) < 4.78 is 15.8. The number of methoxy groups -OCH3 is 2. The average Bonchev–Trinajstić information content (AvgIpc) is 3.49. The summed E-state index contributed by atoms with van der Waals surface area (Å²) in [5.41, 5.74) is 1.16. The summed E-state index contributed by atoms with van der Waals surface area (Å²) in [5.74, 6) is 2.43. The van der Waals surface area contributed by atoms with Gasteiger partial charge < -0.3 is 29.8 Å². The Morgan fingerprint density at radius 2 is 2.00 bits per heavy atom. The number of hydrogen-bond acceptors (Lipinski definition) is 6. The minimum absolute atomic E-state index is 0.233. The lowest BCUT2D eigenvalue weighted by atomic mass is 10.2. The fourth-order valence-electron chi connectivity index (χ4n) is 3.66. The summed E-state index contributed by atoms with van der Waals surface area (Å²) in [7, 11) is 3.33. The number of carbonyl (C=O) groups excluding carboxylic acids is 1. The van der Waals surface area contributed by atoms with E-state index in [4.69, 9.17) is 13.9 Å². The third-order valence-corrected chi connectivity index (χ3v) is 5.19. The van der Waals surface area contributed by atoms with E-state index in [9.17, 15) is 4.79 Å². The number of amides is 1. The fourth-order valence-corrected chi connectivity index (χ4v) is 3.66. The van der Waals surface area contributed by atoms with Crippen LogP contribution in [0.1, 0.15) is 29.5 Å². The van der Waals surface area contributed by atoms with Gasteiger partial charge in [-0.3, -0.25) is 14.7 Å². The van der Waals surface area contributed by atoms with Gasteiger partial charge in [0.05, 0.1) is 27.0 Å².